The second kappa shape index (κ2) is 9.03. The predicted octanol–water partition coefficient (Wildman–Crippen LogP) is 3.36. The number of sulfone groups is 1. The van der Waals surface area contributed by atoms with Crippen LogP contribution in [0.3, 0.4) is 0 Å². The van der Waals surface area contributed by atoms with Gasteiger partial charge in [-0.1, -0.05) is 6.92 Å². The van der Waals surface area contributed by atoms with Crippen LogP contribution in [0.1, 0.15) is 44.6 Å². The Morgan fingerprint density at radius 2 is 1.79 bits per heavy atom. The monoisotopic (exact) mass is 567 g/mol. The van der Waals surface area contributed by atoms with Gasteiger partial charge in [-0.3, -0.25) is 9.59 Å². The molecule has 1 aromatic carbocycles. The van der Waals surface area contributed by atoms with Crippen LogP contribution in [0.15, 0.2) is 23.1 Å². The molecule has 2 amide bonds. The maximum Gasteiger partial charge on any atom is 0.422 e. The number of carbonyl (C=O) groups is 2. The number of rotatable bonds is 7. The van der Waals surface area contributed by atoms with Crippen molar-refractivity contribution in [3.05, 3.63) is 23.8 Å². The Morgan fingerprint density at radius 1 is 1.16 bits per heavy atom. The Bertz CT molecular complexity index is 1300. The molecule has 8 nitrogen and oxygen atoms in total. The van der Waals surface area contributed by atoms with E-state index >= 15 is 0 Å². The van der Waals surface area contributed by atoms with Gasteiger partial charge in [0.25, 0.3) is 0 Å². The molecule has 38 heavy (non-hydrogen) atoms. The van der Waals surface area contributed by atoms with Gasteiger partial charge in [-0.15, -0.1) is 0 Å². The molecule has 2 aliphatic carbocycles. The van der Waals surface area contributed by atoms with E-state index in [2.05, 4.69) is 10.1 Å². The third-order valence-electron chi connectivity index (χ3n) is 7.07. The number of carbonyl (C=O) groups excluding carboxylic acids is 2. The van der Waals surface area contributed by atoms with Gasteiger partial charge >= 0.3 is 12.4 Å². The molecule has 3 aliphatic rings. The molecule has 1 heterocycles. The molecule has 0 spiro atoms. The first-order valence-electron chi connectivity index (χ1n) is 11.6. The van der Waals surface area contributed by atoms with E-state index in [0.29, 0.717) is 37.8 Å². The zero-order chi connectivity index (χ0) is 28.3. The van der Waals surface area contributed by atoms with Crippen LogP contribution in [0, 0.1) is 16.7 Å². The van der Waals surface area contributed by atoms with E-state index in [1.165, 1.54) is 0 Å². The number of hydrogen-bond acceptors (Lipinski definition) is 6. The van der Waals surface area contributed by atoms with Crippen molar-refractivity contribution < 1.29 is 49.1 Å². The Morgan fingerprint density at radius 3 is 2.29 bits per heavy atom. The average Bonchev–Trinajstić information content (AvgIpc) is 3.72. The molecule has 2 atom stereocenters. The number of amides is 2. The van der Waals surface area contributed by atoms with Crippen LogP contribution in [0.5, 0.6) is 5.75 Å². The van der Waals surface area contributed by atoms with E-state index < -0.39 is 92.0 Å². The van der Waals surface area contributed by atoms with E-state index in [9.17, 15) is 49.6 Å². The summed E-state index contributed by atoms with van der Waals surface area (Å²) in [7, 11) is -4.84. The molecule has 1 saturated heterocycles. The minimum absolute atomic E-state index is 0.176. The molecule has 0 radical (unpaired) electrons. The summed E-state index contributed by atoms with van der Waals surface area (Å²) < 4.78 is 110. The lowest BCUT2D eigenvalue weighted by atomic mass is 10.1. The van der Waals surface area contributed by atoms with Gasteiger partial charge in [0.05, 0.1) is 21.8 Å². The number of nitrogens with zero attached hydrogens (tertiary/aromatic N) is 2. The first-order valence-corrected chi connectivity index (χ1v) is 13.1. The summed E-state index contributed by atoms with van der Waals surface area (Å²) >= 11 is 0. The fraction of sp³-hybridized carbons (Fsp3) is 0.609. The van der Waals surface area contributed by atoms with Crippen molar-refractivity contribution >= 4 is 21.7 Å². The molecule has 1 aliphatic heterocycles. The van der Waals surface area contributed by atoms with Crippen LogP contribution in [0.2, 0.25) is 0 Å². The normalized spacial score (nSPS) is 23.9. The Kier molecular flexibility index (Phi) is 6.65. The number of alkyl halides is 6. The first-order chi connectivity index (χ1) is 17.4. The standard InChI is InChI=1S/C23H23F6N3O5S/c1-20(4-5-20)19(34)32-10-14(9-16(32)18(33)31-21(11-30)6-7-21)38(35,36)17-3-2-13(37-12-22(24,25)26)8-15(17)23(27,28)29/h2-3,8,14,16H,4-7,9-10,12H2,1H3,(H,31,33)/t14-,16+/m1/s1. The van der Waals surface area contributed by atoms with E-state index in [1.807, 2.05) is 6.07 Å². The van der Waals surface area contributed by atoms with Gasteiger partial charge in [0, 0.05) is 12.0 Å². The van der Waals surface area contributed by atoms with Crippen LogP contribution in [-0.4, -0.2) is 61.3 Å². The third kappa shape index (κ3) is 5.55. The maximum atomic E-state index is 13.8. The molecule has 15 heteroatoms. The van der Waals surface area contributed by atoms with Crippen LogP contribution in [0.4, 0.5) is 26.3 Å². The minimum Gasteiger partial charge on any atom is -0.484 e. The van der Waals surface area contributed by atoms with Gasteiger partial charge in [0.1, 0.15) is 17.3 Å². The molecule has 208 valence electrons. The fourth-order valence-electron chi connectivity index (χ4n) is 4.37. The Labute approximate surface area is 213 Å². The minimum atomic E-state index is -5.27. The fourth-order valence-corrected chi connectivity index (χ4v) is 6.26. The molecule has 4 rings (SSSR count). The molecule has 3 fully saturated rings. The quantitative estimate of drug-likeness (QED) is 0.506. The summed E-state index contributed by atoms with van der Waals surface area (Å²) in [5.41, 5.74) is -3.67. The van der Waals surface area contributed by atoms with Gasteiger partial charge < -0.3 is 15.0 Å². The summed E-state index contributed by atoms with van der Waals surface area (Å²) in [6.07, 6.45) is -8.89. The highest BCUT2D eigenvalue weighted by Crippen LogP contribution is 2.48. The summed E-state index contributed by atoms with van der Waals surface area (Å²) in [6.45, 7) is -0.806. The lowest BCUT2D eigenvalue weighted by molar-refractivity contribution is -0.153. The lowest BCUT2D eigenvalue weighted by Gasteiger charge is -2.27. The van der Waals surface area contributed by atoms with Crippen molar-refractivity contribution in [1.82, 2.24) is 10.2 Å². The highest BCUT2D eigenvalue weighted by atomic mass is 32.2. The zero-order valence-electron chi connectivity index (χ0n) is 19.9. The Balaban J connectivity index is 1.66. The number of nitriles is 1. The smallest absolute Gasteiger partial charge is 0.422 e. The van der Waals surface area contributed by atoms with Crippen molar-refractivity contribution in [3.8, 4) is 11.8 Å². The number of likely N-dealkylation sites (tertiary alicyclic amines) is 1. The van der Waals surface area contributed by atoms with Crippen LogP contribution in [-0.2, 0) is 25.6 Å². The number of nitrogens with one attached hydrogen (secondary N) is 1. The highest BCUT2D eigenvalue weighted by Gasteiger charge is 2.55. The van der Waals surface area contributed by atoms with Crippen molar-refractivity contribution in [1.29, 1.82) is 5.26 Å². The molecular formula is C23H23F6N3O5S. The topological polar surface area (TPSA) is 117 Å². The summed E-state index contributed by atoms with van der Waals surface area (Å²) in [5, 5.41) is 10.2. The molecule has 0 aromatic heterocycles. The molecule has 0 unspecified atom stereocenters. The molecule has 1 N–H and O–H groups in total. The number of benzene rings is 1. The van der Waals surface area contributed by atoms with Gasteiger partial charge in [-0.2, -0.15) is 31.6 Å². The second-order valence-corrected chi connectivity index (χ2v) is 12.4. The van der Waals surface area contributed by atoms with Crippen molar-refractivity contribution in [2.75, 3.05) is 13.2 Å². The van der Waals surface area contributed by atoms with Gasteiger partial charge in [0.15, 0.2) is 16.4 Å². The van der Waals surface area contributed by atoms with Gasteiger partial charge in [-0.25, -0.2) is 8.42 Å². The largest absolute Gasteiger partial charge is 0.484 e. The van der Waals surface area contributed by atoms with Crippen LogP contribution < -0.4 is 10.1 Å². The molecular weight excluding hydrogens is 544 g/mol. The third-order valence-corrected chi connectivity index (χ3v) is 9.26. The first kappa shape index (κ1) is 28.0. The van der Waals surface area contributed by atoms with Gasteiger partial charge in [0.2, 0.25) is 11.8 Å². The van der Waals surface area contributed by atoms with E-state index in [-0.39, 0.29) is 6.07 Å². The van der Waals surface area contributed by atoms with Crippen molar-refractivity contribution in [2.45, 2.75) is 73.1 Å². The van der Waals surface area contributed by atoms with E-state index in [0.717, 1.165) is 4.90 Å². The highest BCUT2D eigenvalue weighted by molar-refractivity contribution is 7.92. The molecule has 2 saturated carbocycles. The maximum absolute atomic E-state index is 13.8. The van der Waals surface area contributed by atoms with Crippen molar-refractivity contribution in [3.63, 3.8) is 0 Å². The second-order valence-electron chi connectivity index (χ2n) is 10.2. The number of hydrogen-bond donors (Lipinski definition) is 1. The van der Waals surface area contributed by atoms with Gasteiger partial charge in [-0.05, 0) is 50.3 Å². The number of ether oxygens (including phenoxy) is 1. The lowest BCUT2D eigenvalue weighted by Crippen LogP contribution is -2.50. The van der Waals surface area contributed by atoms with Crippen LogP contribution in [0.25, 0.3) is 0 Å². The van der Waals surface area contributed by atoms with Crippen LogP contribution >= 0.6 is 0 Å². The zero-order valence-corrected chi connectivity index (χ0v) is 20.8. The summed E-state index contributed by atoms with van der Waals surface area (Å²) in [4.78, 5) is 26.0. The van der Waals surface area contributed by atoms with E-state index in [1.54, 1.807) is 6.92 Å². The number of halogens is 6. The SMILES string of the molecule is CC1(C(=O)N2C[C@H](S(=O)(=O)c3ccc(OCC(F)(F)F)cc3C(F)(F)F)C[C@H]2C(=O)NC2(C#N)CC2)CC1. The summed E-state index contributed by atoms with van der Waals surface area (Å²) in [5.74, 6) is -2.11. The Hall–Kier alpha value is -3.02. The van der Waals surface area contributed by atoms with Crippen molar-refractivity contribution in [2.24, 2.45) is 5.41 Å². The predicted molar refractivity (Wildman–Crippen MR) is 117 cm³/mol. The molecule has 0 bridgehead atoms. The molecule has 1 aromatic rings. The summed E-state index contributed by atoms with van der Waals surface area (Å²) in [6, 6.07) is 2.00. The van der Waals surface area contributed by atoms with E-state index in [4.69, 9.17) is 0 Å². The average molecular weight is 568 g/mol.